The molecule has 0 saturated carbocycles. The van der Waals surface area contributed by atoms with Crippen LogP contribution in [0.5, 0.6) is 0 Å². The van der Waals surface area contributed by atoms with E-state index in [1.54, 1.807) is 0 Å². The number of pyridine rings is 1. The van der Waals surface area contributed by atoms with Crippen LogP contribution in [0.25, 0.3) is 0 Å². The summed E-state index contributed by atoms with van der Waals surface area (Å²) in [6, 6.07) is 3.95. The van der Waals surface area contributed by atoms with Gasteiger partial charge in [0.2, 0.25) is 5.91 Å². The van der Waals surface area contributed by atoms with Gasteiger partial charge in [0.05, 0.1) is 19.1 Å². The topological polar surface area (TPSA) is 63.2 Å². The smallest absolute Gasteiger partial charge is 0.232 e. The van der Waals surface area contributed by atoms with Crippen molar-refractivity contribution in [3.8, 4) is 0 Å². The van der Waals surface area contributed by atoms with E-state index in [-0.39, 0.29) is 17.9 Å². The molecule has 0 spiro atoms. The second-order valence-corrected chi connectivity index (χ2v) is 4.97. The Labute approximate surface area is 113 Å². The minimum Gasteiger partial charge on any atom is -0.379 e. The molecule has 1 fully saturated rings. The summed E-state index contributed by atoms with van der Waals surface area (Å²) in [5.41, 5.74) is 2.00. The number of likely N-dealkylation sites (N-methyl/N-ethyl adjacent to an activating group) is 1. The zero-order chi connectivity index (χ0) is 13.8. The number of aromatic nitrogens is 1. The van der Waals surface area contributed by atoms with Gasteiger partial charge in [0.1, 0.15) is 5.82 Å². The number of nitrogens with zero attached hydrogens (tertiary/aromatic N) is 1. The predicted molar refractivity (Wildman–Crippen MR) is 74.1 cm³/mol. The maximum Gasteiger partial charge on any atom is 0.232 e. The number of aryl methyl sites for hydroxylation is 2. The van der Waals surface area contributed by atoms with Crippen LogP contribution in [0.15, 0.2) is 12.1 Å². The lowest BCUT2D eigenvalue weighted by atomic mass is 10.0. The number of nitrogens with one attached hydrogen (secondary N) is 2. The van der Waals surface area contributed by atoms with Gasteiger partial charge < -0.3 is 15.4 Å². The van der Waals surface area contributed by atoms with Gasteiger partial charge in [-0.25, -0.2) is 4.98 Å². The normalized spacial score (nSPS) is 22.5. The number of carbonyl (C=O) groups is 1. The standard InChI is InChI=1S/C14H21N3O2/c1-4-15-12-8-19-7-11(12)14(18)17-13-6-9(2)5-10(3)16-13/h5-6,11-12,15H,4,7-8H2,1-3H3,(H,16,17,18). The average molecular weight is 263 g/mol. The SMILES string of the molecule is CCNC1COCC1C(=O)Nc1cc(C)cc(C)n1. The fraction of sp³-hybridized carbons (Fsp3) is 0.571. The Hall–Kier alpha value is -1.46. The lowest BCUT2D eigenvalue weighted by Gasteiger charge is -2.17. The Kier molecular flexibility index (Phi) is 4.50. The highest BCUT2D eigenvalue weighted by Gasteiger charge is 2.33. The molecule has 2 unspecified atom stereocenters. The van der Waals surface area contributed by atoms with Crippen LogP contribution in [0.4, 0.5) is 5.82 Å². The third-order valence-corrected chi connectivity index (χ3v) is 3.23. The van der Waals surface area contributed by atoms with Crippen LogP contribution in [0.1, 0.15) is 18.2 Å². The van der Waals surface area contributed by atoms with Crippen LogP contribution in [-0.2, 0) is 9.53 Å². The molecule has 2 atom stereocenters. The highest BCUT2D eigenvalue weighted by atomic mass is 16.5. The molecule has 1 aromatic rings. The molecule has 1 aromatic heterocycles. The van der Waals surface area contributed by atoms with Crippen molar-refractivity contribution in [3.63, 3.8) is 0 Å². The monoisotopic (exact) mass is 263 g/mol. The first kappa shape index (κ1) is 14.0. The van der Waals surface area contributed by atoms with Crippen LogP contribution in [0.2, 0.25) is 0 Å². The Morgan fingerprint density at radius 1 is 1.42 bits per heavy atom. The van der Waals surface area contributed by atoms with Gasteiger partial charge in [-0.2, -0.15) is 0 Å². The first-order valence-electron chi connectivity index (χ1n) is 6.67. The Morgan fingerprint density at radius 2 is 2.21 bits per heavy atom. The molecular formula is C14H21N3O2. The van der Waals surface area contributed by atoms with Gasteiger partial charge in [-0.05, 0) is 38.1 Å². The quantitative estimate of drug-likeness (QED) is 0.858. The Balaban J connectivity index is 2.04. The van der Waals surface area contributed by atoms with Crippen molar-refractivity contribution in [2.75, 3.05) is 25.1 Å². The average Bonchev–Trinajstić information content (AvgIpc) is 2.76. The first-order chi connectivity index (χ1) is 9.10. The van der Waals surface area contributed by atoms with E-state index in [1.807, 2.05) is 32.9 Å². The molecule has 2 N–H and O–H groups in total. The van der Waals surface area contributed by atoms with E-state index in [0.717, 1.165) is 17.8 Å². The molecule has 2 heterocycles. The number of ether oxygens (including phenoxy) is 1. The number of carbonyl (C=O) groups excluding carboxylic acids is 1. The molecule has 1 aliphatic rings. The van der Waals surface area contributed by atoms with E-state index in [1.165, 1.54) is 0 Å². The van der Waals surface area contributed by atoms with Gasteiger partial charge in [0.15, 0.2) is 0 Å². The van der Waals surface area contributed by atoms with Crippen molar-refractivity contribution >= 4 is 11.7 Å². The minimum atomic E-state index is -0.150. The highest BCUT2D eigenvalue weighted by Crippen LogP contribution is 2.17. The zero-order valence-electron chi connectivity index (χ0n) is 11.7. The Morgan fingerprint density at radius 3 is 2.89 bits per heavy atom. The summed E-state index contributed by atoms with van der Waals surface area (Å²) in [6.07, 6.45) is 0. The third kappa shape index (κ3) is 3.52. The van der Waals surface area contributed by atoms with Crippen LogP contribution in [-0.4, -0.2) is 36.7 Å². The minimum absolute atomic E-state index is 0.0269. The summed E-state index contributed by atoms with van der Waals surface area (Å²) < 4.78 is 5.38. The van der Waals surface area contributed by atoms with Crippen molar-refractivity contribution in [2.24, 2.45) is 5.92 Å². The van der Waals surface area contributed by atoms with E-state index in [4.69, 9.17) is 4.74 Å². The molecule has 0 radical (unpaired) electrons. The molecular weight excluding hydrogens is 242 g/mol. The lowest BCUT2D eigenvalue weighted by Crippen LogP contribution is -2.41. The van der Waals surface area contributed by atoms with Crippen molar-refractivity contribution in [2.45, 2.75) is 26.8 Å². The van der Waals surface area contributed by atoms with Gasteiger partial charge in [-0.3, -0.25) is 4.79 Å². The molecule has 0 aliphatic carbocycles. The number of rotatable bonds is 4. The summed E-state index contributed by atoms with van der Waals surface area (Å²) in [4.78, 5) is 16.6. The molecule has 0 aromatic carbocycles. The third-order valence-electron chi connectivity index (χ3n) is 3.23. The van der Waals surface area contributed by atoms with Gasteiger partial charge in [-0.15, -0.1) is 0 Å². The van der Waals surface area contributed by atoms with Crippen LogP contribution in [0, 0.1) is 19.8 Å². The second kappa shape index (κ2) is 6.12. The molecule has 1 saturated heterocycles. The van der Waals surface area contributed by atoms with E-state index >= 15 is 0 Å². The van der Waals surface area contributed by atoms with Crippen LogP contribution < -0.4 is 10.6 Å². The zero-order valence-corrected chi connectivity index (χ0v) is 11.7. The summed E-state index contributed by atoms with van der Waals surface area (Å²) >= 11 is 0. The molecule has 1 amide bonds. The summed E-state index contributed by atoms with van der Waals surface area (Å²) in [5, 5.41) is 6.16. The molecule has 5 heteroatoms. The predicted octanol–water partition coefficient (Wildman–Crippen LogP) is 1.26. The van der Waals surface area contributed by atoms with Gasteiger partial charge >= 0.3 is 0 Å². The maximum absolute atomic E-state index is 12.3. The molecule has 104 valence electrons. The fourth-order valence-electron chi connectivity index (χ4n) is 2.40. The highest BCUT2D eigenvalue weighted by molar-refractivity contribution is 5.92. The Bertz CT molecular complexity index is 442. The lowest BCUT2D eigenvalue weighted by molar-refractivity contribution is -0.120. The molecule has 19 heavy (non-hydrogen) atoms. The van der Waals surface area contributed by atoms with Gasteiger partial charge in [-0.1, -0.05) is 6.92 Å². The van der Waals surface area contributed by atoms with Gasteiger partial charge in [0.25, 0.3) is 0 Å². The van der Waals surface area contributed by atoms with Crippen molar-refractivity contribution in [1.82, 2.24) is 10.3 Å². The van der Waals surface area contributed by atoms with Crippen molar-refractivity contribution in [1.29, 1.82) is 0 Å². The number of anilines is 1. The molecule has 5 nitrogen and oxygen atoms in total. The first-order valence-corrected chi connectivity index (χ1v) is 6.67. The molecule has 0 bridgehead atoms. The van der Waals surface area contributed by atoms with Crippen LogP contribution >= 0.6 is 0 Å². The van der Waals surface area contributed by atoms with Gasteiger partial charge in [0, 0.05) is 11.7 Å². The summed E-state index contributed by atoms with van der Waals surface area (Å²) in [6.45, 7) is 7.83. The number of hydrogen-bond acceptors (Lipinski definition) is 4. The fourth-order valence-corrected chi connectivity index (χ4v) is 2.40. The van der Waals surface area contributed by atoms with Crippen LogP contribution in [0.3, 0.4) is 0 Å². The largest absolute Gasteiger partial charge is 0.379 e. The summed E-state index contributed by atoms with van der Waals surface area (Å²) in [7, 11) is 0. The number of amides is 1. The number of hydrogen-bond donors (Lipinski definition) is 2. The van der Waals surface area contributed by atoms with E-state index in [0.29, 0.717) is 19.0 Å². The van der Waals surface area contributed by atoms with E-state index < -0.39 is 0 Å². The van der Waals surface area contributed by atoms with E-state index in [9.17, 15) is 4.79 Å². The van der Waals surface area contributed by atoms with Crippen molar-refractivity contribution < 1.29 is 9.53 Å². The molecule has 2 rings (SSSR count). The maximum atomic E-state index is 12.3. The molecule has 1 aliphatic heterocycles. The van der Waals surface area contributed by atoms with Crippen molar-refractivity contribution in [3.05, 3.63) is 23.4 Å². The summed E-state index contributed by atoms with van der Waals surface area (Å²) in [5.74, 6) is 0.438. The second-order valence-electron chi connectivity index (χ2n) is 4.97. The van der Waals surface area contributed by atoms with E-state index in [2.05, 4.69) is 15.6 Å².